The van der Waals surface area contributed by atoms with Gasteiger partial charge in [0.05, 0.1) is 6.42 Å². The van der Waals surface area contributed by atoms with Gasteiger partial charge in [0.15, 0.2) is 0 Å². The second-order valence-electron chi connectivity index (χ2n) is 6.34. The van der Waals surface area contributed by atoms with Gasteiger partial charge in [-0.3, -0.25) is 4.79 Å². The number of likely N-dealkylation sites (N-methyl/N-ethyl adjacent to an activating group) is 1. The molecular weight excluding hydrogens is 289 g/mol. The molecule has 2 amide bonds. The van der Waals surface area contributed by atoms with E-state index in [-0.39, 0.29) is 0 Å². The van der Waals surface area contributed by atoms with Crippen molar-refractivity contribution >= 4 is 12.0 Å². The number of nitrogens with one attached hydrogen (secondary N) is 1. The summed E-state index contributed by atoms with van der Waals surface area (Å²) < 4.78 is 41.4. The maximum Gasteiger partial charge on any atom is 0.408 e. The number of hydrogen-bond donors (Lipinski definition) is 1. The quantitative estimate of drug-likeness (QED) is 0.868. The molecule has 0 heterocycles. The van der Waals surface area contributed by atoms with Gasteiger partial charge in [0.2, 0.25) is 5.91 Å². The highest BCUT2D eigenvalue weighted by Gasteiger charge is 2.35. The summed E-state index contributed by atoms with van der Waals surface area (Å²) >= 11 is 0. The molecule has 0 aromatic carbocycles. The van der Waals surface area contributed by atoms with Gasteiger partial charge in [-0.1, -0.05) is 0 Å². The fourth-order valence-electron chi connectivity index (χ4n) is 1.49. The van der Waals surface area contributed by atoms with Gasteiger partial charge in [0, 0.05) is 13.6 Å². The van der Waals surface area contributed by atoms with Gasteiger partial charge in [-0.15, -0.1) is 0 Å². The number of rotatable bonds is 4. The van der Waals surface area contributed by atoms with Gasteiger partial charge in [0.1, 0.15) is 11.1 Å². The third-order valence-electron chi connectivity index (χ3n) is 2.43. The van der Waals surface area contributed by atoms with Crippen LogP contribution >= 0.6 is 0 Å². The minimum atomic E-state index is -4.34. The third kappa shape index (κ3) is 8.41. The number of ether oxygens (including phenoxy) is 1. The zero-order valence-corrected chi connectivity index (χ0v) is 13.2. The molecule has 0 bridgehead atoms. The van der Waals surface area contributed by atoms with Crippen LogP contribution in [-0.2, 0) is 9.53 Å². The fourth-order valence-corrected chi connectivity index (χ4v) is 1.49. The van der Waals surface area contributed by atoms with Crippen LogP contribution in [0.25, 0.3) is 0 Å². The summed E-state index contributed by atoms with van der Waals surface area (Å²) in [5.41, 5.74) is -2.09. The molecule has 0 saturated carbocycles. The molecule has 0 spiro atoms. The summed E-state index contributed by atoms with van der Waals surface area (Å²) in [6.07, 6.45) is -6.24. The van der Waals surface area contributed by atoms with Crippen molar-refractivity contribution in [1.82, 2.24) is 10.2 Å². The Hall–Kier alpha value is -1.47. The van der Waals surface area contributed by atoms with Crippen LogP contribution in [0, 0.1) is 0 Å². The van der Waals surface area contributed by atoms with Gasteiger partial charge < -0.3 is 15.0 Å². The number of alkyl carbamates (subject to hydrolysis) is 1. The van der Waals surface area contributed by atoms with Crippen molar-refractivity contribution in [2.45, 2.75) is 58.4 Å². The van der Waals surface area contributed by atoms with E-state index in [4.69, 9.17) is 4.74 Å². The standard InChI is InChI=1S/C13H23F3N2O3/c1-11(2,3)21-10(20)17-12(4,5)9(19)18(6)8-7-13(14,15)16/h7-8H2,1-6H3,(H,17,20). The Labute approximate surface area is 122 Å². The fraction of sp³-hybridized carbons (Fsp3) is 0.846. The molecule has 0 fully saturated rings. The Balaban J connectivity index is 4.61. The zero-order valence-electron chi connectivity index (χ0n) is 13.2. The molecule has 0 atom stereocenters. The van der Waals surface area contributed by atoms with E-state index in [1.54, 1.807) is 20.8 Å². The highest BCUT2D eigenvalue weighted by Crippen LogP contribution is 2.20. The van der Waals surface area contributed by atoms with Crippen molar-refractivity contribution in [3.63, 3.8) is 0 Å². The molecule has 0 rings (SSSR count). The predicted molar refractivity (Wildman–Crippen MR) is 71.8 cm³/mol. The second kappa shape index (κ2) is 6.53. The number of halogens is 3. The zero-order chi connectivity index (χ0) is 17.1. The first-order chi connectivity index (χ1) is 9.14. The lowest BCUT2D eigenvalue weighted by Gasteiger charge is -2.31. The number of nitrogens with zero attached hydrogens (tertiary/aromatic N) is 1. The largest absolute Gasteiger partial charge is 0.444 e. The van der Waals surface area contributed by atoms with E-state index in [1.807, 2.05) is 0 Å². The minimum absolute atomic E-state index is 0.470. The first-order valence-corrected chi connectivity index (χ1v) is 6.47. The van der Waals surface area contributed by atoms with Crippen molar-refractivity contribution in [2.75, 3.05) is 13.6 Å². The van der Waals surface area contributed by atoms with Crippen molar-refractivity contribution < 1.29 is 27.5 Å². The highest BCUT2D eigenvalue weighted by molar-refractivity contribution is 5.89. The number of alkyl halides is 3. The van der Waals surface area contributed by atoms with Crippen molar-refractivity contribution in [3.8, 4) is 0 Å². The van der Waals surface area contributed by atoms with Gasteiger partial charge in [-0.25, -0.2) is 4.79 Å². The van der Waals surface area contributed by atoms with E-state index in [0.717, 1.165) is 4.90 Å². The summed E-state index contributed by atoms with van der Waals surface area (Å²) in [6.45, 7) is 7.33. The van der Waals surface area contributed by atoms with Crippen LogP contribution < -0.4 is 5.32 Å². The number of hydrogen-bond acceptors (Lipinski definition) is 3. The van der Waals surface area contributed by atoms with Crippen LogP contribution in [0.1, 0.15) is 41.0 Å². The van der Waals surface area contributed by atoms with E-state index < -0.39 is 42.3 Å². The van der Waals surface area contributed by atoms with Crippen LogP contribution in [0.3, 0.4) is 0 Å². The normalized spacial score (nSPS) is 12.8. The van der Waals surface area contributed by atoms with Crippen LogP contribution in [-0.4, -0.2) is 47.8 Å². The van der Waals surface area contributed by atoms with Crippen molar-refractivity contribution in [3.05, 3.63) is 0 Å². The topological polar surface area (TPSA) is 58.6 Å². The highest BCUT2D eigenvalue weighted by atomic mass is 19.4. The molecular formula is C13H23F3N2O3. The van der Waals surface area contributed by atoms with Crippen molar-refractivity contribution in [1.29, 1.82) is 0 Å². The Morgan fingerprint density at radius 2 is 1.57 bits per heavy atom. The van der Waals surface area contributed by atoms with Gasteiger partial charge in [0.25, 0.3) is 0 Å². The summed E-state index contributed by atoms with van der Waals surface area (Å²) in [5, 5.41) is 2.36. The van der Waals surface area contributed by atoms with E-state index >= 15 is 0 Å². The molecule has 1 N–H and O–H groups in total. The molecule has 21 heavy (non-hydrogen) atoms. The van der Waals surface area contributed by atoms with Gasteiger partial charge in [-0.05, 0) is 34.6 Å². The Kier molecular flexibility index (Phi) is 6.07. The average molecular weight is 312 g/mol. The average Bonchev–Trinajstić information content (AvgIpc) is 2.19. The third-order valence-corrected chi connectivity index (χ3v) is 2.43. The maximum absolute atomic E-state index is 12.1. The maximum atomic E-state index is 12.1. The summed E-state index contributed by atoms with van der Waals surface area (Å²) in [5.74, 6) is -0.627. The molecule has 0 radical (unpaired) electrons. The van der Waals surface area contributed by atoms with E-state index in [2.05, 4.69) is 5.32 Å². The second-order valence-corrected chi connectivity index (χ2v) is 6.34. The predicted octanol–water partition coefficient (Wildman–Crippen LogP) is 2.70. The van der Waals surface area contributed by atoms with Crippen LogP contribution in [0.2, 0.25) is 0 Å². The molecule has 0 unspecified atom stereocenters. The Morgan fingerprint density at radius 3 is 1.95 bits per heavy atom. The summed E-state index contributed by atoms with van der Waals surface area (Å²) in [4.78, 5) is 24.6. The SMILES string of the molecule is CN(CCC(F)(F)F)C(=O)C(C)(C)NC(=O)OC(C)(C)C. The number of amides is 2. The van der Waals surface area contributed by atoms with E-state index in [0.29, 0.717) is 0 Å². The molecule has 0 aromatic heterocycles. The van der Waals surface area contributed by atoms with Gasteiger partial charge in [-0.2, -0.15) is 13.2 Å². The van der Waals surface area contributed by atoms with E-state index in [9.17, 15) is 22.8 Å². The molecule has 0 aliphatic carbocycles. The van der Waals surface area contributed by atoms with E-state index in [1.165, 1.54) is 20.9 Å². The first-order valence-electron chi connectivity index (χ1n) is 6.47. The lowest BCUT2D eigenvalue weighted by Crippen LogP contribution is -2.56. The van der Waals surface area contributed by atoms with Crippen molar-refractivity contribution in [2.24, 2.45) is 0 Å². The number of carbonyl (C=O) groups excluding carboxylic acids is 2. The number of carbonyl (C=O) groups is 2. The van der Waals surface area contributed by atoms with Gasteiger partial charge >= 0.3 is 12.3 Å². The Morgan fingerprint density at radius 1 is 1.10 bits per heavy atom. The summed E-state index contributed by atoms with van der Waals surface area (Å²) in [7, 11) is 1.26. The molecule has 0 aliphatic rings. The first kappa shape index (κ1) is 19.5. The molecule has 0 aliphatic heterocycles. The molecule has 124 valence electrons. The lowest BCUT2D eigenvalue weighted by molar-refractivity contribution is -0.147. The molecule has 5 nitrogen and oxygen atoms in total. The lowest BCUT2D eigenvalue weighted by atomic mass is 10.0. The smallest absolute Gasteiger partial charge is 0.408 e. The Bertz CT molecular complexity index is 387. The van der Waals surface area contributed by atoms with Crippen LogP contribution in [0.5, 0.6) is 0 Å². The van der Waals surface area contributed by atoms with Crippen LogP contribution in [0.15, 0.2) is 0 Å². The monoisotopic (exact) mass is 312 g/mol. The van der Waals surface area contributed by atoms with Crippen LogP contribution in [0.4, 0.5) is 18.0 Å². The molecule has 8 heteroatoms. The molecule has 0 aromatic rings. The molecule has 0 saturated heterocycles. The summed E-state index contributed by atoms with van der Waals surface area (Å²) in [6, 6.07) is 0. The minimum Gasteiger partial charge on any atom is -0.444 e.